The minimum absolute atomic E-state index is 0.00963. The van der Waals surface area contributed by atoms with Crippen molar-refractivity contribution < 1.29 is 32.6 Å². The van der Waals surface area contributed by atoms with Crippen molar-refractivity contribution in [3.8, 4) is 11.6 Å². The molecule has 0 saturated carbocycles. The Hall–Kier alpha value is -4.15. The standard InChI is InChI=1S/C33H37F3N4O4/c1-20(2)31(41)39-15-13-22(14-16-39)23-11-12-28(21(3)17-23)44-19-24-7-4-5-8-25(24)27-9-6-10-29(38-27)40-30(33(34,35)36)26(18-37-40)32(42)43/h6,9-12,17-18,20,22H,4-5,7-8,13-16,19H2,1-3H3,(H,42,43). The summed E-state index contributed by atoms with van der Waals surface area (Å²) in [5.41, 5.74) is 2.45. The second-order valence-corrected chi connectivity index (χ2v) is 11.9. The first-order valence-electron chi connectivity index (χ1n) is 15.0. The molecule has 1 aromatic carbocycles. The number of amides is 1. The Morgan fingerprint density at radius 2 is 1.82 bits per heavy atom. The number of hydrogen-bond donors (Lipinski definition) is 1. The number of carboxylic acid groups (broad SMARTS) is 1. The normalized spacial score (nSPS) is 16.5. The van der Waals surface area contributed by atoms with Crippen LogP contribution >= 0.6 is 0 Å². The predicted molar refractivity (Wildman–Crippen MR) is 159 cm³/mol. The third kappa shape index (κ3) is 6.66. The number of benzene rings is 1. The zero-order chi connectivity index (χ0) is 31.6. The monoisotopic (exact) mass is 610 g/mol. The van der Waals surface area contributed by atoms with Gasteiger partial charge in [0.2, 0.25) is 5.91 Å². The Bertz CT molecular complexity index is 1570. The number of aryl methyl sites for hydroxylation is 1. The zero-order valence-corrected chi connectivity index (χ0v) is 25.2. The second-order valence-electron chi connectivity index (χ2n) is 11.9. The number of hydrogen-bond acceptors (Lipinski definition) is 5. The average Bonchev–Trinajstić information content (AvgIpc) is 3.47. The van der Waals surface area contributed by atoms with Crippen molar-refractivity contribution in [1.82, 2.24) is 19.7 Å². The molecule has 8 nitrogen and oxygen atoms in total. The number of carbonyl (C=O) groups excluding carboxylic acids is 1. The molecule has 1 N–H and O–H groups in total. The van der Waals surface area contributed by atoms with Crippen LogP contribution in [0.3, 0.4) is 0 Å². The van der Waals surface area contributed by atoms with Gasteiger partial charge in [-0.15, -0.1) is 0 Å². The maximum Gasteiger partial charge on any atom is 0.434 e. The van der Waals surface area contributed by atoms with E-state index < -0.39 is 23.4 Å². The highest BCUT2D eigenvalue weighted by Gasteiger charge is 2.41. The maximum absolute atomic E-state index is 13.8. The molecule has 1 amide bonds. The topological polar surface area (TPSA) is 97.6 Å². The lowest BCUT2D eigenvalue weighted by Crippen LogP contribution is -2.40. The number of likely N-dealkylation sites (tertiary alicyclic amines) is 1. The van der Waals surface area contributed by atoms with Crippen LogP contribution in [0.15, 0.2) is 48.2 Å². The Morgan fingerprint density at radius 3 is 2.48 bits per heavy atom. The molecule has 1 fully saturated rings. The largest absolute Gasteiger partial charge is 0.489 e. The van der Waals surface area contributed by atoms with E-state index >= 15 is 0 Å². The van der Waals surface area contributed by atoms with E-state index in [9.17, 15) is 27.9 Å². The van der Waals surface area contributed by atoms with E-state index in [1.807, 2.05) is 31.7 Å². The molecule has 1 aliphatic carbocycles. The average molecular weight is 611 g/mol. The summed E-state index contributed by atoms with van der Waals surface area (Å²) in [4.78, 5) is 30.2. The van der Waals surface area contributed by atoms with Crippen LogP contribution in [0.1, 0.15) is 91.2 Å². The lowest BCUT2D eigenvalue weighted by Gasteiger charge is -2.33. The summed E-state index contributed by atoms with van der Waals surface area (Å²) in [5.74, 6) is -0.429. The number of aromatic carboxylic acids is 1. The highest BCUT2D eigenvalue weighted by Crippen LogP contribution is 2.36. The summed E-state index contributed by atoms with van der Waals surface area (Å²) in [7, 11) is 0. The molecule has 0 spiro atoms. The third-order valence-electron chi connectivity index (χ3n) is 8.48. The molecule has 0 bridgehead atoms. The van der Waals surface area contributed by atoms with Crippen molar-refractivity contribution >= 4 is 17.4 Å². The van der Waals surface area contributed by atoms with Gasteiger partial charge in [0.25, 0.3) is 0 Å². The number of carbonyl (C=O) groups is 2. The number of carboxylic acids is 1. The van der Waals surface area contributed by atoms with Gasteiger partial charge in [0, 0.05) is 19.0 Å². The van der Waals surface area contributed by atoms with Crippen molar-refractivity contribution in [2.24, 2.45) is 5.92 Å². The molecule has 3 heterocycles. The molecule has 2 aliphatic rings. The van der Waals surface area contributed by atoms with Crippen molar-refractivity contribution in [2.75, 3.05) is 19.7 Å². The van der Waals surface area contributed by atoms with E-state index in [0.29, 0.717) is 35.5 Å². The van der Waals surface area contributed by atoms with E-state index in [1.54, 1.807) is 12.1 Å². The molecular formula is C33H37F3N4O4. The first-order valence-corrected chi connectivity index (χ1v) is 15.0. The van der Waals surface area contributed by atoms with Crippen molar-refractivity contribution in [2.45, 2.75) is 71.4 Å². The quantitative estimate of drug-likeness (QED) is 0.293. The number of nitrogens with zero attached hydrogens (tertiary/aromatic N) is 4. The van der Waals surface area contributed by atoms with Gasteiger partial charge < -0.3 is 14.7 Å². The Morgan fingerprint density at radius 1 is 1.09 bits per heavy atom. The molecule has 11 heteroatoms. The lowest BCUT2D eigenvalue weighted by atomic mass is 9.88. The van der Waals surface area contributed by atoms with Crippen LogP contribution in [0.5, 0.6) is 5.75 Å². The van der Waals surface area contributed by atoms with Crippen LogP contribution < -0.4 is 4.74 Å². The van der Waals surface area contributed by atoms with E-state index in [0.717, 1.165) is 67.7 Å². The van der Waals surface area contributed by atoms with E-state index in [4.69, 9.17) is 4.74 Å². The van der Waals surface area contributed by atoms with Gasteiger partial charge in [-0.2, -0.15) is 18.3 Å². The Balaban J connectivity index is 1.33. The van der Waals surface area contributed by atoms with Crippen molar-refractivity contribution in [1.29, 1.82) is 0 Å². The smallest absolute Gasteiger partial charge is 0.434 e. The van der Waals surface area contributed by atoms with Gasteiger partial charge in [-0.1, -0.05) is 32.0 Å². The van der Waals surface area contributed by atoms with Gasteiger partial charge in [0.05, 0.1) is 11.9 Å². The summed E-state index contributed by atoms with van der Waals surface area (Å²) in [6.45, 7) is 7.75. The minimum Gasteiger partial charge on any atom is -0.489 e. The van der Waals surface area contributed by atoms with Gasteiger partial charge in [-0.25, -0.2) is 14.5 Å². The van der Waals surface area contributed by atoms with E-state index in [1.165, 1.54) is 11.6 Å². The molecule has 0 radical (unpaired) electrons. The zero-order valence-electron chi connectivity index (χ0n) is 25.2. The van der Waals surface area contributed by atoms with Crippen LogP contribution in [-0.4, -0.2) is 56.3 Å². The van der Waals surface area contributed by atoms with E-state index in [-0.39, 0.29) is 17.6 Å². The fourth-order valence-electron chi connectivity index (χ4n) is 6.15. The molecule has 44 heavy (non-hydrogen) atoms. The van der Waals surface area contributed by atoms with E-state index in [2.05, 4.69) is 22.2 Å². The molecule has 1 aliphatic heterocycles. The van der Waals surface area contributed by atoms with Crippen molar-refractivity contribution in [3.05, 3.63) is 76.2 Å². The Kier molecular flexibility index (Phi) is 9.12. The first-order chi connectivity index (χ1) is 20.9. The van der Waals surface area contributed by atoms with Crippen LogP contribution in [0, 0.1) is 12.8 Å². The van der Waals surface area contributed by atoms with Crippen molar-refractivity contribution in [3.63, 3.8) is 0 Å². The van der Waals surface area contributed by atoms with Crippen LogP contribution in [-0.2, 0) is 11.0 Å². The molecular weight excluding hydrogens is 573 g/mol. The van der Waals surface area contributed by atoms with Crippen LogP contribution in [0.4, 0.5) is 13.2 Å². The molecule has 5 rings (SSSR count). The number of piperidine rings is 1. The first kappa shape index (κ1) is 31.3. The highest BCUT2D eigenvalue weighted by molar-refractivity contribution is 5.89. The second kappa shape index (κ2) is 12.8. The van der Waals surface area contributed by atoms with Crippen LogP contribution in [0.2, 0.25) is 0 Å². The van der Waals surface area contributed by atoms with Gasteiger partial charge in [-0.3, -0.25) is 4.79 Å². The van der Waals surface area contributed by atoms with Gasteiger partial charge in [0.15, 0.2) is 11.5 Å². The molecule has 0 atom stereocenters. The van der Waals surface area contributed by atoms with Crippen LogP contribution in [0.25, 0.3) is 11.4 Å². The summed E-state index contributed by atoms with van der Waals surface area (Å²) >= 11 is 0. The number of alkyl halides is 3. The lowest BCUT2D eigenvalue weighted by molar-refractivity contribution is -0.143. The molecule has 2 aromatic heterocycles. The summed E-state index contributed by atoms with van der Waals surface area (Å²) < 4.78 is 48.3. The van der Waals surface area contributed by atoms with Gasteiger partial charge in [-0.05, 0) is 91.8 Å². The molecule has 3 aromatic rings. The fourth-order valence-corrected chi connectivity index (χ4v) is 6.15. The number of halogens is 3. The predicted octanol–water partition coefficient (Wildman–Crippen LogP) is 7.06. The number of pyridine rings is 1. The summed E-state index contributed by atoms with van der Waals surface area (Å²) in [6, 6.07) is 11.0. The summed E-state index contributed by atoms with van der Waals surface area (Å²) in [6.07, 6.45) is 1.00. The third-order valence-corrected chi connectivity index (χ3v) is 8.48. The number of ether oxygens (including phenoxy) is 1. The molecule has 1 saturated heterocycles. The fraction of sp³-hybridized carbons (Fsp3) is 0.455. The van der Waals surface area contributed by atoms with Gasteiger partial charge in [0.1, 0.15) is 17.9 Å². The number of aromatic nitrogens is 3. The Labute approximate surface area is 254 Å². The molecule has 0 unspecified atom stereocenters. The SMILES string of the molecule is Cc1cc(C2CCN(C(=O)C(C)C)CC2)ccc1OCC1=C(c2cccc(-n3ncc(C(=O)O)c3C(F)(F)F)n2)CCCC1. The summed E-state index contributed by atoms with van der Waals surface area (Å²) in [5, 5.41) is 13.0. The maximum atomic E-state index is 13.8. The minimum atomic E-state index is -4.93. The highest BCUT2D eigenvalue weighted by atomic mass is 19.4. The molecule has 234 valence electrons. The number of rotatable bonds is 8. The number of allylic oxidation sites excluding steroid dienone is 1. The van der Waals surface area contributed by atoms with Gasteiger partial charge >= 0.3 is 12.1 Å².